The first-order valence-electron chi connectivity index (χ1n) is 8.90. The van der Waals surface area contributed by atoms with Crippen molar-refractivity contribution in [3.05, 3.63) is 35.9 Å². The Morgan fingerprint density at radius 1 is 1.05 bits per heavy atom. The molecule has 0 spiro atoms. The van der Waals surface area contributed by atoms with Crippen LogP contribution in [0.15, 0.2) is 30.3 Å². The maximum absolute atomic E-state index is 3.69. The second-order valence-electron chi connectivity index (χ2n) is 6.93. The molecule has 1 saturated heterocycles. The third kappa shape index (κ3) is 4.82. The van der Waals surface area contributed by atoms with Crippen LogP contribution in [0.2, 0.25) is 0 Å². The van der Waals surface area contributed by atoms with Gasteiger partial charge in [0.25, 0.3) is 0 Å². The highest BCUT2D eigenvalue weighted by atomic mass is 15.2. The molecule has 1 atom stereocenters. The van der Waals surface area contributed by atoms with Crippen molar-refractivity contribution in [1.29, 1.82) is 0 Å². The van der Waals surface area contributed by atoms with Crippen molar-refractivity contribution in [3.63, 3.8) is 0 Å². The molecule has 0 aromatic heterocycles. The summed E-state index contributed by atoms with van der Waals surface area (Å²) in [6, 6.07) is 11.5. The van der Waals surface area contributed by atoms with Crippen molar-refractivity contribution < 1.29 is 0 Å². The second-order valence-corrected chi connectivity index (χ2v) is 6.93. The van der Waals surface area contributed by atoms with Gasteiger partial charge in [0, 0.05) is 25.7 Å². The minimum absolute atomic E-state index is 0.632. The summed E-state index contributed by atoms with van der Waals surface area (Å²) in [5.74, 6) is 1.02. The van der Waals surface area contributed by atoms with Crippen LogP contribution < -0.4 is 5.32 Å². The van der Waals surface area contributed by atoms with Crippen LogP contribution in [0.3, 0.4) is 0 Å². The molecule has 2 aliphatic rings. The van der Waals surface area contributed by atoms with Crippen LogP contribution in [0.1, 0.15) is 44.1 Å². The predicted octanol–water partition coefficient (Wildman–Crippen LogP) is 3.47. The predicted molar refractivity (Wildman–Crippen MR) is 89.6 cm³/mol. The van der Waals surface area contributed by atoms with Gasteiger partial charge in [0.05, 0.1) is 0 Å². The van der Waals surface area contributed by atoms with E-state index in [-0.39, 0.29) is 0 Å². The first-order chi connectivity index (χ1) is 10.4. The van der Waals surface area contributed by atoms with Crippen molar-refractivity contribution in [2.75, 3.05) is 26.2 Å². The summed E-state index contributed by atoms with van der Waals surface area (Å²) in [4.78, 5) is 2.69. The van der Waals surface area contributed by atoms with Crippen LogP contribution in [0.5, 0.6) is 0 Å². The van der Waals surface area contributed by atoms with Gasteiger partial charge in [0.1, 0.15) is 0 Å². The number of hydrogen-bond donors (Lipinski definition) is 1. The zero-order valence-electron chi connectivity index (χ0n) is 13.3. The van der Waals surface area contributed by atoms with E-state index in [1.165, 1.54) is 70.1 Å². The highest BCUT2D eigenvalue weighted by Crippen LogP contribution is 2.26. The lowest BCUT2D eigenvalue weighted by atomic mass is 9.87. The maximum Gasteiger partial charge on any atom is 0.0235 e. The molecule has 21 heavy (non-hydrogen) atoms. The van der Waals surface area contributed by atoms with E-state index in [1.807, 2.05) is 0 Å². The molecule has 3 rings (SSSR count). The SMILES string of the molecule is c1ccc(CC2CN(CCC3CCCCC3)CCN2)cc1. The van der Waals surface area contributed by atoms with Gasteiger partial charge < -0.3 is 10.2 Å². The Morgan fingerprint density at radius 2 is 1.86 bits per heavy atom. The van der Waals surface area contributed by atoms with Crippen LogP contribution in [-0.4, -0.2) is 37.1 Å². The number of benzene rings is 1. The van der Waals surface area contributed by atoms with E-state index in [2.05, 4.69) is 40.5 Å². The largest absolute Gasteiger partial charge is 0.311 e. The molecule has 2 nitrogen and oxygen atoms in total. The van der Waals surface area contributed by atoms with Crippen LogP contribution in [0.4, 0.5) is 0 Å². The average molecular weight is 286 g/mol. The Morgan fingerprint density at radius 3 is 2.67 bits per heavy atom. The molecule has 1 saturated carbocycles. The number of piperazine rings is 1. The third-order valence-corrected chi connectivity index (χ3v) is 5.24. The smallest absolute Gasteiger partial charge is 0.0235 e. The third-order valence-electron chi connectivity index (χ3n) is 5.24. The van der Waals surface area contributed by atoms with Gasteiger partial charge in [-0.05, 0) is 30.9 Å². The zero-order valence-corrected chi connectivity index (χ0v) is 13.3. The molecule has 2 heteroatoms. The summed E-state index contributed by atoms with van der Waals surface area (Å²) in [7, 11) is 0. The van der Waals surface area contributed by atoms with Gasteiger partial charge in [-0.15, -0.1) is 0 Å². The minimum Gasteiger partial charge on any atom is -0.311 e. The van der Waals surface area contributed by atoms with Gasteiger partial charge in [0.2, 0.25) is 0 Å². The molecule has 0 amide bonds. The van der Waals surface area contributed by atoms with Crippen molar-refractivity contribution in [1.82, 2.24) is 10.2 Å². The Hall–Kier alpha value is -0.860. The maximum atomic E-state index is 3.69. The number of nitrogens with one attached hydrogen (secondary N) is 1. The van der Waals surface area contributed by atoms with E-state index >= 15 is 0 Å². The molecule has 1 aliphatic carbocycles. The van der Waals surface area contributed by atoms with E-state index in [9.17, 15) is 0 Å². The molecular formula is C19H30N2. The summed E-state index contributed by atoms with van der Waals surface area (Å²) in [5.41, 5.74) is 1.46. The Bertz CT molecular complexity index is 397. The van der Waals surface area contributed by atoms with Gasteiger partial charge in [-0.2, -0.15) is 0 Å². The molecule has 0 radical (unpaired) electrons. The molecule has 1 aromatic carbocycles. The lowest BCUT2D eigenvalue weighted by Gasteiger charge is -2.35. The first kappa shape index (κ1) is 15.1. The fourth-order valence-electron chi connectivity index (χ4n) is 3.97. The summed E-state index contributed by atoms with van der Waals surface area (Å²) in [6.07, 6.45) is 9.99. The van der Waals surface area contributed by atoms with Crippen molar-refractivity contribution in [3.8, 4) is 0 Å². The fraction of sp³-hybridized carbons (Fsp3) is 0.684. The Kier molecular flexibility index (Phi) is 5.70. The lowest BCUT2D eigenvalue weighted by molar-refractivity contribution is 0.179. The molecule has 1 aliphatic heterocycles. The normalized spacial score (nSPS) is 25.0. The Labute approximate surface area is 129 Å². The zero-order chi connectivity index (χ0) is 14.3. The van der Waals surface area contributed by atoms with Crippen LogP contribution >= 0.6 is 0 Å². The van der Waals surface area contributed by atoms with E-state index < -0.39 is 0 Å². The number of nitrogens with zero attached hydrogens (tertiary/aromatic N) is 1. The lowest BCUT2D eigenvalue weighted by Crippen LogP contribution is -2.51. The van der Waals surface area contributed by atoms with Gasteiger partial charge >= 0.3 is 0 Å². The molecule has 1 N–H and O–H groups in total. The summed E-state index contributed by atoms with van der Waals surface area (Å²) < 4.78 is 0. The first-order valence-corrected chi connectivity index (χ1v) is 8.90. The molecule has 1 unspecified atom stereocenters. The summed E-state index contributed by atoms with van der Waals surface area (Å²) >= 11 is 0. The van der Waals surface area contributed by atoms with Gasteiger partial charge in [0.15, 0.2) is 0 Å². The molecule has 1 aromatic rings. The van der Waals surface area contributed by atoms with E-state index in [4.69, 9.17) is 0 Å². The van der Waals surface area contributed by atoms with Crippen LogP contribution in [0.25, 0.3) is 0 Å². The van der Waals surface area contributed by atoms with E-state index in [0.29, 0.717) is 6.04 Å². The topological polar surface area (TPSA) is 15.3 Å². The summed E-state index contributed by atoms with van der Waals surface area (Å²) in [5, 5.41) is 3.69. The highest BCUT2D eigenvalue weighted by molar-refractivity contribution is 5.16. The van der Waals surface area contributed by atoms with E-state index in [1.54, 1.807) is 0 Å². The average Bonchev–Trinajstić information content (AvgIpc) is 2.55. The fourth-order valence-corrected chi connectivity index (χ4v) is 3.97. The molecule has 0 bridgehead atoms. The monoisotopic (exact) mass is 286 g/mol. The molecule has 2 fully saturated rings. The standard InChI is InChI=1S/C19H30N2/c1-3-7-17(8-4-1)11-13-21-14-12-20-19(16-21)15-18-9-5-2-6-10-18/h2,5-6,9-10,17,19-20H,1,3-4,7-8,11-16H2. The van der Waals surface area contributed by atoms with Gasteiger partial charge in [-0.25, -0.2) is 0 Å². The molecule has 116 valence electrons. The highest BCUT2D eigenvalue weighted by Gasteiger charge is 2.21. The van der Waals surface area contributed by atoms with E-state index in [0.717, 1.165) is 12.5 Å². The quantitative estimate of drug-likeness (QED) is 0.891. The Balaban J connectivity index is 1.42. The van der Waals surface area contributed by atoms with Crippen molar-refractivity contribution in [2.24, 2.45) is 5.92 Å². The van der Waals surface area contributed by atoms with Gasteiger partial charge in [-0.1, -0.05) is 62.4 Å². The number of rotatable bonds is 5. The van der Waals surface area contributed by atoms with Crippen LogP contribution in [0, 0.1) is 5.92 Å². The molecule has 1 heterocycles. The summed E-state index contributed by atoms with van der Waals surface area (Å²) in [6.45, 7) is 4.93. The van der Waals surface area contributed by atoms with Gasteiger partial charge in [-0.3, -0.25) is 0 Å². The molecular weight excluding hydrogens is 256 g/mol. The number of hydrogen-bond acceptors (Lipinski definition) is 2. The van der Waals surface area contributed by atoms with Crippen molar-refractivity contribution in [2.45, 2.75) is 51.0 Å². The minimum atomic E-state index is 0.632. The van der Waals surface area contributed by atoms with Crippen molar-refractivity contribution >= 4 is 0 Å². The second kappa shape index (κ2) is 7.95. The van der Waals surface area contributed by atoms with Crippen LogP contribution in [-0.2, 0) is 6.42 Å².